The third-order valence-corrected chi connectivity index (χ3v) is 2.58. The van der Waals surface area contributed by atoms with E-state index in [0.717, 1.165) is 5.56 Å². The lowest BCUT2D eigenvalue weighted by molar-refractivity contribution is 0.290. The monoisotopic (exact) mass is 261 g/mol. The summed E-state index contributed by atoms with van der Waals surface area (Å²) in [5, 5.41) is 9.08. The van der Waals surface area contributed by atoms with E-state index in [0.29, 0.717) is 10.6 Å². The quantitative estimate of drug-likeness (QED) is 0.839. The highest BCUT2D eigenvalue weighted by Gasteiger charge is 2.04. The van der Waals surface area contributed by atoms with Crippen molar-refractivity contribution in [1.29, 1.82) is 5.26 Å². The first-order valence-electron chi connectivity index (χ1n) is 5.26. The van der Waals surface area contributed by atoms with Crippen LogP contribution in [0.25, 0.3) is 0 Å². The molecule has 0 unspecified atom stereocenters. The van der Waals surface area contributed by atoms with Crippen molar-refractivity contribution in [3.8, 4) is 11.8 Å². The molecule has 0 saturated heterocycles. The molecular weight excluding hydrogens is 253 g/mol. The molecule has 0 aliphatic heterocycles. The molecule has 0 atom stereocenters. The van der Waals surface area contributed by atoms with E-state index in [1.165, 1.54) is 12.1 Å². The average molecular weight is 262 g/mol. The standard InChI is InChI=1S/C14H9ClFNO/c15-12-4-5-14(13(16)7-12)18-9-11-3-1-2-10(6-11)8-17/h1-7H,9H2. The lowest BCUT2D eigenvalue weighted by Crippen LogP contribution is -1.97. The summed E-state index contributed by atoms with van der Waals surface area (Å²) in [4.78, 5) is 0. The molecule has 0 radical (unpaired) electrons. The molecule has 0 aliphatic rings. The molecule has 0 spiro atoms. The van der Waals surface area contributed by atoms with Crippen molar-refractivity contribution < 1.29 is 9.13 Å². The average Bonchev–Trinajstić information content (AvgIpc) is 2.38. The molecule has 0 aromatic heterocycles. The van der Waals surface area contributed by atoms with Crippen molar-refractivity contribution in [3.63, 3.8) is 0 Å². The maximum atomic E-state index is 13.4. The summed E-state index contributed by atoms with van der Waals surface area (Å²) in [5.41, 5.74) is 1.36. The maximum absolute atomic E-state index is 13.4. The zero-order valence-electron chi connectivity index (χ0n) is 9.36. The van der Waals surface area contributed by atoms with Gasteiger partial charge in [-0.15, -0.1) is 0 Å². The van der Waals surface area contributed by atoms with E-state index in [-0.39, 0.29) is 12.4 Å². The predicted molar refractivity (Wildman–Crippen MR) is 66.9 cm³/mol. The summed E-state index contributed by atoms with van der Waals surface area (Å²) in [6, 6.07) is 13.2. The minimum atomic E-state index is -0.501. The van der Waals surface area contributed by atoms with Crippen molar-refractivity contribution >= 4 is 11.6 Å². The fourth-order valence-corrected chi connectivity index (χ4v) is 1.64. The zero-order valence-corrected chi connectivity index (χ0v) is 10.1. The van der Waals surface area contributed by atoms with E-state index in [4.69, 9.17) is 21.6 Å². The summed E-state index contributed by atoms with van der Waals surface area (Å²) in [7, 11) is 0. The second-order valence-corrected chi connectivity index (χ2v) is 4.11. The number of hydrogen-bond acceptors (Lipinski definition) is 2. The Morgan fingerprint density at radius 2 is 2.06 bits per heavy atom. The Morgan fingerprint density at radius 3 is 2.78 bits per heavy atom. The summed E-state index contributed by atoms with van der Waals surface area (Å²) < 4.78 is 18.8. The number of nitrogens with zero attached hydrogens (tertiary/aromatic N) is 1. The highest BCUT2D eigenvalue weighted by molar-refractivity contribution is 6.30. The van der Waals surface area contributed by atoms with Crippen LogP contribution in [-0.2, 0) is 6.61 Å². The molecule has 0 amide bonds. The van der Waals surface area contributed by atoms with Gasteiger partial charge in [0.15, 0.2) is 11.6 Å². The molecule has 2 aromatic carbocycles. The van der Waals surface area contributed by atoms with E-state index < -0.39 is 5.82 Å². The number of nitriles is 1. The molecule has 0 saturated carbocycles. The normalized spacial score (nSPS) is 9.83. The Kier molecular flexibility index (Phi) is 3.81. The molecular formula is C14H9ClFNO. The fourth-order valence-electron chi connectivity index (χ4n) is 1.48. The lowest BCUT2D eigenvalue weighted by atomic mass is 10.1. The van der Waals surface area contributed by atoms with Gasteiger partial charge in [0.2, 0.25) is 0 Å². The molecule has 2 nitrogen and oxygen atoms in total. The van der Waals surface area contributed by atoms with Gasteiger partial charge < -0.3 is 4.74 Å². The van der Waals surface area contributed by atoms with Crippen molar-refractivity contribution in [3.05, 3.63) is 64.4 Å². The van der Waals surface area contributed by atoms with Crippen LogP contribution < -0.4 is 4.74 Å². The van der Waals surface area contributed by atoms with Gasteiger partial charge in [0, 0.05) is 5.02 Å². The Hall–Kier alpha value is -2.05. The number of benzene rings is 2. The topological polar surface area (TPSA) is 33.0 Å². The van der Waals surface area contributed by atoms with Crippen LogP contribution >= 0.6 is 11.6 Å². The molecule has 2 aromatic rings. The predicted octanol–water partition coefficient (Wildman–Crippen LogP) is 3.93. The highest BCUT2D eigenvalue weighted by atomic mass is 35.5. The van der Waals surface area contributed by atoms with Gasteiger partial charge in [-0.25, -0.2) is 4.39 Å². The molecule has 90 valence electrons. The van der Waals surface area contributed by atoms with Crippen LogP contribution in [0.15, 0.2) is 42.5 Å². The third kappa shape index (κ3) is 2.99. The van der Waals surface area contributed by atoms with Crippen molar-refractivity contribution in [1.82, 2.24) is 0 Å². The van der Waals surface area contributed by atoms with Gasteiger partial charge in [-0.05, 0) is 35.9 Å². The molecule has 0 aliphatic carbocycles. The van der Waals surface area contributed by atoms with E-state index >= 15 is 0 Å². The zero-order chi connectivity index (χ0) is 13.0. The lowest BCUT2D eigenvalue weighted by Gasteiger charge is -2.07. The summed E-state index contributed by atoms with van der Waals surface area (Å²) in [6.07, 6.45) is 0. The van der Waals surface area contributed by atoms with Crippen LogP contribution in [0.2, 0.25) is 5.02 Å². The number of halogens is 2. The summed E-state index contributed by atoms with van der Waals surface area (Å²) in [5.74, 6) is -0.360. The molecule has 0 fully saturated rings. The maximum Gasteiger partial charge on any atom is 0.166 e. The Bertz CT molecular complexity index is 607. The minimum Gasteiger partial charge on any atom is -0.486 e. The Morgan fingerprint density at radius 1 is 1.22 bits per heavy atom. The smallest absolute Gasteiger partial charge is 0.166 e. The molecule has 0 heterocycles. The van der Waals surface area contributed by atoms with E-state index in [1.807, 2.05) is 12.1 Å². The van der Waals surface area contributed by atoms with Crippen LogP contribution in [-0.4, -0.2) is 0 Å². The van der Waals surface area contributed by atoms with Gasteiger partial charge in [0.05, 0.1) is 11.6 Å². The first kappa shape index (κ1) is 12.4. The first-order chi connectivity index (χ1) is 8.69. The first-order valence-corrected chi connectivity index (χ1v) is 5.64. The third-order valence-electron chi connectivity index (χ3n) is 2.34. The van der Waals surface area contributed by atoms with Gasteiger partial charge >= 0.3 is 0 Å². The van der Waals surface area contributed by atoms with Crippen LogP contribution in [0.4, 0.5) is 4.39 Å². The molecule has 4 heteroatoms. The molecule has 2 rings (SSSR count). The second-order valence-electron chi connectivity index (χ2n) is 3.68. The Labute approximate surface area is 109 Å². The Balaban J connectivity index is 2.09. The van der Waals surface area contributed by atoms with Gasteiger partial charge in [0.25, 0.3) is 0 Å². The van der Waals surface area contributed by atoms with Crippen LogP contribution in [0.1, 0.15) is 11.1 Å². The molecule has 0 N–H and O–H groups in total. The van der Waals surface area contributed by atoms with E-state index in [2.05, 4.69) is 0 Å². The highest BCUT2D eigenvalue weighted by Crippen LogP contribution is 2.22. The van der Waals surface area contributed by atoms with Crippen molar-refractivity contribution in [2.45, 2.75) is 6.61 Å². The van der Waals surface area contributed by atoms with Gasteiger partial charge in [-0.2, -0.15) is 5.26 Å². The van der Waals surface area contributed by atoms with Crippen molar-refractivity contribution in [2.24, 2.45) is 0 Å². The van der Waals surface area contributed by atoms with Crippen molar-refractivity contribution in [2.75, 3.05) is 0 Å². The number of rotatable bonds is 3. The summed E-state index contributed by atoms with van der Waals surface area (Å²) >= 11 is 5.64. The fraction of sp³-hybridized carbons (Fsp3) is 0.0714. The van der Waals surface area contributed by atoms with E-state index in [1.54, 1.807) is 24.3 Å². The van der Waals surface area contributed by atoms with Crippen LogP contribution in [0.3, 0.4) is 0 Å². The van der Waals surface area contributed by atoms with Gasteiger partial charge in [-0.1, -0.05) is 23.7 Å². The summed E-state index contributed by atoms with van der Waals surface area (Å²) in [6.45, 7) is 0.202. The van der Waals surface area contributed by atoms with Crippen LogP contribution in [0, 0.1) is 17.1 Å². The number of ether oxygens (including phenoxy) is 1. The number of hydrogen-bond donors (Lipinski definition) is 0. The minimum absolute atomic E-state index is 0.141. The largest absolute Gasteiger partial charge is 0.486 e. The van der Waals surface area contributed by atoms with Crippen LogP contribution in [0.5, 0.6) is 5.75 Å². The molecule has 18 heavy (non-hydrogen) atoms. The SMILES string of the molecule is N#Cc1cccc(COc2ccc(Cl)cc2F)c1. The van der Waals surface area contributed by atoms with Gasteiger partial charge in [0.1, 0.15) is 6.61 Å². The molecule has 0 bridgehead atoms. The second kappa shape index (κ2) is 5.52. The van der Waals surface area contributed by atoms with E-state index in [9.17, 15) is 4.39 Å². The van der Waals surface area contributed by atoms with Gasteiger partial charge in [-0.3, -0.25) is 0 Å².